The van der Waals surface area contributed by atoms with Crippen LogP contribution in [0, 0.1) is 5.92 Å². The Bertz CT molecular complexity index is 982. The second-order valence-corrected chi connectivity index (χ2v) is 9.34. The van der Waals surface area contributed by atoms with Crippen molar-refractivity contribution in [1.29, 1.82) is 0 Å². The van der Waals surface area contributed by atoms with Gasteiger partial charge in [-0.1, -0.05) is 37.8 Å². The number of hydrogen-bond acceptors (Lipinski definition) is 4. The topological polar surface area (TPSA) is 56.8 Å². The molecule has 1 amide bonds. The summed E-state index contributed by atoms with van der Waals surface area (Å²) in [5.41, 5.74) is 4.16. The third kappa shape index (κ3) is 3.88. The Labute approximate surface area is 190 Å². The monoisotopic (exact) mass is 435 g/mol. The lowest BCUT2D eigenvalue weighted by atomic mass is 9.75. The number of carbonyl (C=O) groups excluding carboxylic acids is 1. The van der Waals surface area contributed by atoms with Crippen molar-refractivity contribution >= 4 is 11.6 Å². The van der Waals surface area contributed by atoms with Crippen LogP contribution in [0.1, 0.15) is 80.1 Å². The van der Waals surface area contributed by atoms with Gasteiger partial charge < -0.3 is 19.5 Å². The Morgan fingerprint density at radius 2 is 1.59 bits per heavy atom. The predicted octanol–water partition coefficient (Wildman–Crippen LogP) is 5.98. The molecule has 3 atom stereocenters. The van der Waals surface area contributed by atoms with Gasteiger partial charge >= 0.3 is 0 Å². The zero-order valence-corrected chi connectivity index (χ0v) is 19.1. The number of rotatable bonds is 5. The fourth-order valence-electron chi connectivity index (χ4n) is 5.90. The molecule has 2 saturated carbocycles. The highest BCUT2D eigenvalue weighted by Gasteiger charge is 2.41. The van der Waals surface area contributed by atoms with Gasteiger partial charge in [0.15, 0.2) is 0 Å². The molecule has 1 aliphatic heterocycles. The first kappa shape index (κ1) is 21.3. The lowest BCUT2D eigenvalue weighted by Gasteiger charge is -2.42. The number of anilines is 1. The highest BCUT2D eigenvalue weighted by Crippen LogP contribution is 2.53. The van der Waals surface area contributed by atoms with E-state index in [1.54, 1.807) is 14.2 Å². The van der Waals surface area contributed by atoms with Crippen molar-refractivity contribution in [3.05, 3.63) is 53.1 Å². The maximum atomic E-state index is 12.7. The van der Waals surface area contributed by atoms with E-state index in [4.69, 9.17) is 14.2 Å². The maximum Gasteiger partial charge on any atom is 0.227 e. The number of carbonyl (C=O) groups is 1. The van der Waals surface area contributed by atoms with E-state index in [0.29, 0.717) is 5.92 Å². The summed E-state index contributed by atoms with van der Waals surface area (Å²) in [5.74, 6) is 2.34. The van der Waals surface area contributed by atoms with Gasteiger partial charge in [0.2, 0.25) is 5.91 Å². The fourth-order valence-corrected chi connectivity index (χ4v) is 5.90. The van der Waals surface area contributed by atoms with Gasteiger partial charge in [-0.25, -0.2) is 0 Å². The molecule has 2 aromatic carbocycles. The summed E-state index contributed by atoms with van der Waals surface area (Å²) >= 11 is 0. The predicted molar refractivity (Wildman–Crippen MR) is 125 cm³/mol. The van der Waals surface area contributed by atoms with E-state index in [2.05, 4.69) is 17.4 Å². The number of benzene rings is 2. The Hall–Kier alpha value is -2.53. The van der Waals surface area contributed by atoms with Crippen LogP contribution in [0.5, 0.6) is 11.5 Å². The number of methoxy groups -OCH3 is 2. The molecule has 0 aromatic heterocycles. The summed E-state index contributed by atoms with van der Waals surface area (Å²) in [7, 11) is 3.45. The van der Waals surface area contributed by atoms with Crippen molar-refractivity contribution in [2.45, 2.75) is 69.5 Å². The van der Waals surface area contributed by atoms with Crippen molar-refractivity contribution in [3.63, 3.8) is 0 Å². The molecular weight excluding hydrogens is 402 g/mol. The molecule has 2 aliphatic carbocycles. The fraction of sp³-hybridized carbons (Fsp3) is 0.519. The smallest absolute Gasteiger partial charge is 0.227 e. The molecule has 5 rings (SSSR count). The molecule has 2 fully saturated rings. The summed E-state index contributed by atoms with van der Waals surface area (Å²) < 4.78 is 18.4. The minimum atomic E-state index is -0.252. The van der Waals surface area contributed by atoms with Crippen molar-refractivity contribution < 1.29 is 19.0 Å². The summed E-state index contributed by atoms with van der Waals surface area (Å²) in [5, 5.41) is 3.14. The van der Waals surface area contributed by atoms with E-state index in [9.17, 15) is 4.79 Å². The SMILES string of the molecule is COc1ccc(OC)c2c1[C@@H](c1cccc(NC(=O)C3CCCC3)c1)O[C@H]1CCCC[C@H]21. The molecule has 5 nitrogen and oxygen atoms in total. The third-order valence-corrected chi connectivity index (χ3v) is 7.48. The molecule has 5 heteroatoms. The largest absolute Gasteiger partial charge is 0.496 e. The van der Waals surface area contributed by atoms with Crippen molar-refractivity contribution in [1.82, 2.24) is 0 Å². The molecule has 1 heterocycles. The number of ether oxygens (including phenoxy) is 3. The first-order valence-corrected chi connectivity index (χ1v) is 12.0. The van der Waals surface area contributed by atoms with E-state index in [1.807, 2.05) is 24.3 Å². The molecule has 2 aromatic rings. The molecule has 0 radical (unpaired) electrons. The van der Waals surface area contributed by atoms with Crippen LogP contribution in [0.3, 0.4) is 0 Å². The van der Waals surface area contributed by atoms with Gasteiger partial charge in [0, 0.05) is 28.7 Å². The highest BCUT2D eigenvalue weighted by molar-refractivity contribution is 5.92. The second kappa shape index (κ2) is 9.14. The molecular formula is C27H33NO4. The van der Waals surface area contributed by atoms with E-state index in [0.717, 1.165) is 66.8 Å². The Balaban J connectivity index is 1.53. The second-order valence-electron chi connectivity index (χ2n) is 9.34. The number of amides is 1. The van der Waals surface area contributed by atoms with Gasteiger partial charge in [-0.15, -0.1) is 0 Å². The van der Waals surface area contributed by atoms with Crippen LogP contribution >= 0.6 is 0 Å². The molecule has 0 spiro atoms. The number of fused-ring (bicyclic) bond motifs is 3. The highest BCUT2D eigenvalue weighted by atomic mass is 16.5. The Morgan fingerprint density at radius 1 is 0.906 bits per heavy atom. The van der Waals surface area contributed by atoms with Crippen LogP contribution in [0.25, 0.3) is 0 Å². The zero-order chi connectivity index (χ0) is 22.1. The molecule has 0 bridgehead atoms. The standard InChI is InChI=1S/C27H33NO4/c1-30-22-14-15-23(31-2)25-24(22)20-12-5-6-13-21(20)32-26(25)18-10-7-11-19(16-18)28-27(29)17-8-3-4-9-17/h7,10-11,14-17,20-21,26H,3-6,8-9,12-13H2,1-2H3,(H,28,29)/t20-,21-,26+/m0/s1. The minimum Gasteiger partial charge on any atom is -0.496 e. The lowest BCUT2D eigenvalue weighted by molar-refractivity contribution is -0.119. The van der Waals surface area contributed by atoms with Crippen LogP contribution in [0.15, 0.2) is 36.4 Å². The van der Waals surface area contributed by atoms with Crippen molar-refractivity contribution in [2.24, 2.45) is 5.92 Å². The molecule has 170 valence electrons. The van der Waals surface area contributed by atoms with Gasteiger partial charge in [0.25, 0.3) is 0 Å². The number of nitrogens with one attached hydrogen (secondary N) is 1. The van der Waals surface area contributed by atoms with Gasteiger partial charge in [0.05, 0.1) is 20.3 Å². The van der Waals surface area contributed by atoms with Crippen molar-refractivity contribution in [3.8, 4) is 11.5 Å². The van der Waals surface area contributed by atoms with E-state index >= 15 is 0 Å². The van der Waals surface area contributed by atoms with Gasteiger partial charge in [-0.2, -0.15) is 0 Å². The minimum absolute atomic E-state index is 0.135. The third-order valence-electron chi connectivity index (χ3n) is 7.48. The quantitative estimate of drug-likeness (QED) is 0.628. The molecule has 0 saturated heterocycles. The first-order chi connectivity index (χ1) is 15.7. The zero-order valence-electron chi connectivity index (χ0n) is 19.1. The molecule has 1 N–H and O–H groups in total. The maximum absolute atomic E-state index is 12.7. The van der Waals surface area contributed by atoms with Crippen molar-refractivity contribution in [2.75, 3.05) is 19.5 Å². The van der Waals surface area contributed by atoms with E-state index in [-0.39, 0.29) is 24.0 Å². The van der Waals surface area contributed by atoms with Gasteiger partial charge in [-0.05, 0) is 55.5 Å². The Kier molecular flexibility index (Phi) is 6.09. The van der Waals surface area contributed by atoms with Crippen LogP contribution < -0.4 is 14.8 Å². The molecule has 3 aliphatic rings. The average Bonchev–Trinajstić information content (AvgIpc) is 3.38. The van der Waals surface area contributed by atoms with Gasteiger partial charge in [0.1, 0.15) is 17.6 Å². The van der Waals surface area contributed by atoms with Crippen LogP contribution in [0.2, 0.25) is 0 Å². The average molecular weight is 436 g/mol. The summed E-state index contributed by atoms with van der Waals surface area (Å²) in [6.07, 6.45) is 8.74. The number of hydrogen-bond donors (Lipinski definition) is 1. The van der Waals surface area contributed by atoms with Crippen LogP contribution in [-0.4, -0.2) is 26.2 Å². The van der Waals surface area contributed by atoms with E-state index in [1.165, 1.54) is 18.4 Å². The summed E-state index contributed by atoms with van der Waals surface area (Å²) in [6, 6.07) is 12.1. The lowest BCUT2D eigenvalue weighted by Crippen LogP contribution is -2.34. The first-order valence-electron chi connectivity index (χ1n) is 12.0. The molecule has 0 unspecified atom stereocenters. The van der Waals surface area contributed by atoms with Crippen LogP contribution in [0.4, 0.5) is 5.69 Å². The summed E-state index contributed by atoms with van der Waals surface area (Å²) in [6.45, 7) is 0. The van der Waals surface area contributed by atoms with E-state index < -0.39 is 0 Å². The molecule has 32 heavy (non-hydrogen) atoms. The summed E-state index contributed by atoms with van der Waals surface area (Å²) in [4.78, 5) is 12.7. The van der Waals surface area contributed by atoms with Gasteiger partial charge in [-0.3, -0.25) is 4.79 Å². The Morgan fingerprint density at radius 3 is 2.34 bits per heavy atom. The normalized spacial score (nSPS) is 25.0. The van der Waals surface area contributed by atoms with Crippen LogP contribution in [-0.2, 0) is 9.53 Å².